The maximum Gasteiger partial charge on any atom is 0.308 e. The molecule has 1 aromatic carbocycles. The molecular weight excluding hydrogens is 254 g/mol. The molecule has 0 aliphatic heterocycles. The third-order valence-corrected chi connectivity index (χ3v) is 2.75. The highest BCUT2D eigenvalue weighted by Gasteiger charge is 2.26. The molecule has 0 aliphatic rings. The summed E-state index contributed by atoms with van der Waals surface area (Å²) in [4.78, 5) is 10.8. The first-order valence-electron chi connectivity index (χ1n) is 5.51. The third kappa shape index (κ3) is 4.29. The summed E-state index contributed by atoms with van der Waals surface area (Å²) < 4.78 is 4.93. The average Bonchev–Trinajstić information content (AvgIpc) is 2.28. The zero-order valence-corrected chi connectivity index (χ0v) is 11.7. The first-order valence-corrected chi connectivity index (χ1v) is 5.51. The summed E-state index contributed by atoms with van der Waals surface area (Å²) in [6.45, 7) is 5.17. The molecular formula is C13H20ClNO3. The number of hydrogen-bond acceptors (Lipinski definition) is 4. The SMILES string of the molecule is CC(=O)Oc1ccc([C@H](N)C(C)(C)CO)cc1.Cl. The number of carbonyl (C=O) groups excluding carboxylic acids is 1. The first kappa shape index (κ1) is 16.9. The van der Waals surface area contributed by atoms with Gasteiger partial charge in [0.15, 0.2) is 0 Å². The number of aliphatic hydroxyl groups excluding tert-OH is 1. The van der Waals surface area contributed by atoms with Crippen molar-refractivity contribution in [3.8, 4) is 5.75 Å². The van der Waals surface area contributed by atoms with E-state index in [-0.39, 0.29) is 36.4 Å². The molecule has 0 saturated carbocycles. The van der Waals surface area contributed by atoms with Crippen LogP contribution in [-0.4, -0.2) is 17.7 Å². The van der Waals surface area contributed by atoms with Gasteiger partial charge >= 0.3 is 5.97 Å². The lowest BCUT2D eigenvalue weighted by molar-refractivity contribution is -0.131. The maximum absolute atomic E-state index is 10.8. The predicted molar refractivity (Wildman–Crippen MR) is 72.8 cm³/mol. The van der Waals surface area contributed by atoms with Crippen molar-refractivity contribution < 1.29 is 14.6 Å². The Morgan fingerprint density at radius 2 is 1.89 bits per heavy atom. The van der Waals surface area contributed by atoms with Crippen LogP contribution in [0.15, 0.2) is 24.3 Å². The molecule has 0 heterocycles. The number of ether oxygens (including phenoxy) is 1. The van der Waals surface area contributed by atoms with Crippen LogP contribution in [0.2, 0.25) is 0 Å². The lowest BCUT2D eigenvalue weighted by Crippen LogP contribution is -2.32. The van der Waals surface area contributed by atoms with Gasteiger partial charge in [-0.15, -0.1) is 12.4 Å². The molecule has 1 aromatic rings. The smallest absolute Gasteiger partial charge is 0.308 e. The highest BCUT2D eigenvalue weighted by atomic mass is 35.5. The van der Waals surface area contributed by atoms with Crippen molar-refractivity contribution >= 4 is 18.4 Å². The molecule has 18 heavy (non-hydrogen) atoms. The Labute approximate surface area is 114 Å². The number of esters is 1. The molecule has 3 N–H and O–H groups in total. The molecule has 102 valence electrons. The molecule has 0 unspecified atom stereocenters. The molecule has 1 atom stereocenters. The van der Waals surface area contributed by atoms with E-state index in [0.29, 0.717) is 5.75 Å². The van der Waals surface area contributed by atoms with Crippen molar-refractivity contribution in [1.29, 1.82) is 0 Å². The van der Waals surface area contributed by atoms with Crippen LogP contribution in [0.4, 0.5) is 0 Å². The number of aliphatic hydroxyl groups is 1. The molecule has 0 amide bonds. The Morgan fingerprint density at radius 3 is 2.28 bits per heavy atom. The van der Waals surface area contributed by atoms with E-state index in [0.717, 1.165) is 5.56 Å². The molecule has 1 rings (SSSR count). The van der Waals surface area contributed by atoms with Gasteiger partial charge in [-0.2, -0.15) is 0 Å². The molecule has 5 heteroatoms. The van der Waals surface area contributed by atoms with Crippen molar-refractivity contribution in [3.63, 3.8) is 0 Å². The lowest BCUT2D eigenvalue weighted by Gasteiger charge is -2.29. The number of hydrogen-bond donors (Lipinski definition) is 2. The quantitative estimate of drug-likeness (QED) is 0.651. The lowest BCUT2D eigenvalue weighted by atomic mass is 9.82. The number of carbonyl (C=O) groups is 1. The zero-order chi connectivity index (χ0) is 13.1. The van der Waals surface area contributed by atoms with E-state index in [1.54, 1.807) is 24.3 Å². The summed E-state index contributed by atoms with van der Waals surface area (Å²) in [7, 11) is 0. The summed E-state index contributed by atoms with van der Waals surface area (Å²) in [6, 6.07) is 6.74. The van der Waals surface area contributed by atoms with Gasteiger partial charge in [0.05, 0.1) is 0 Å². The maximum atomic E-state index is 10.8. The van der Waals surface area contributed by atoms with Gasteiger partial charge in [-0.25, -0.2) is 0 Å². The molecule has 4 nitrogen and oxygen atoms in total. The van der Waals surface area contributed by atoms with Crippen LogP contribution in [0.25, 0.3) is 0 Å². The average molecular weight is 274 g/mol. The summed E-state index contributed by atoms with van der Waals surface area (Å²) in [5.74, 6) is 0.146. The fourth-order valence-electron chi connectivity index (χ4n) is 1.46. The standard InChI is InChI=1S/C13H19NO3.ClH/c1-9(16)17-11-6-4-10(5-7-11)12(14)13(2,3)8-15;/h4-7,12,15H,8,14H2,1-3H3;1H/t12-;/m0./s1. The molecule has 0 aromatic heterocycles. The molecule has 0 aliphatic carbocycles. The topological polar surface area (TPSA) is 72.5 Å². The number of nitrogens with two attached hydrogens (primary N) is 1. The van der Waals surface area contributed by atoms with Crippen LogP contribution >= 0.6 is 12.4 Å². The molecule has 0 radical (unpaired) electrons. The van der Waals surface area contributed by atoms with E-state index < -0.39 is 0 Å². The predicted octanol–water partition coefficient (Wildman–Crippen LogP) is 2.05. The van der Waals surface area contributed by atoms with E-state index in [9.17, 15) is 9.90 Å². The van der Waals surface area contributed by atoms with Crippen molar-refractivity contribution in [2.45, 2.75) is 26.8 Å². The van der Waals surface area contributed by atoms with Crippen molar-refractivity contribution in [2.75, 3.05) is 6.61 Å². The van der Waals surface area contributed by atoms with Gasteiger partial charge in [0, 0.05) is 25.0 Å². The largest absolute Gasteiger partial charge is 0.427 e. The highest BCUT2D eigenvalue weighted by molar-refractivity contribution is 5.85. The second kappa shape index (κ2) is 6.73. The van der Waals surface area contributed by atoms with E-state index in [2.05, 4.69) is 0 Å². The van der Waals surface area contributed by atoms with E-state index >= 15 is 0 Å². The first-order chi connectivity index (χ1) is 7.86. The Kier molecular flexibility index (Phi) is 6.32. The van der Waals surface area contributed by atoms with E-state index in [1.807, 2.05) is 13.8 Å². The molecule has 0 fully saturated rings. The minimum atomic E-state index is -0.386. The van der Waals surface area contributed by atoms with Crippen LogP contribution in [0.1, 0.15) is 32.4 Å². The number of benzene rings is 1. The van der Waals surface area contributed by atoms with Gasteiger partial charge in [-0.3, -0.25) is 4.79 Å². The normalized spacial score (nSPS) is 12.5. The van der Waals surface area contributed by atoms with Crippen LogP contribution in [0.5, 0.6) is 5.75 Å². The van der Waals surface area contributed by atoms with Crippen molar-refractivity contribution in [3.05, 3.63) is 29.8 Å². The van der Waals surface area contributed by atoms with Gasteiger partial charge in [-0.05, 0) is 17.7 Å². The summed E-state index contributed by atoms with van der Waals surface area (Å²) in [6.07, 6.45) is 0. The Morgan fingerprint density at radius 1 is 1.39 bits per heavy atom. The van der Waals surface area contributed by atoms with Crippen LogP contribution in [-0.2, 0) is 4.79 Å². The fourth-order valence-corrected chi connectivity index (χ4v) is 1.46. The van der Waals surface area contributed by atoms with Gasteiger partial charge in [-0.1, -0.05) is 26.0 Å². The third-order valence-electron chi connectivity index (χ3n) is 2.75. The number of rotatable bonds is 4. The Balaban J connectivity index is 0.00000289. The second-order valence-corrected chi connectivity index (χ2v) is 4.79. The second-order valence-electron chi connectivity index (χ2n) is 4.79. The van der Waals surface area contributed by atoms with Crippen molar-refractivity contribution in [1.82, 2.24) is 0 Å². The van der Waals surface area contributed by atoms with Gasteiger partial charge in [0.1, 0.15) is 5.75 Å². The summed E-state index contributed by atoms with van der Waals surface area (Å²) in [5.41, 5.74) is 6.58. The highest BCUT2D eigenvalue weighted by Crippen LogP contribution is 2.31. The minimum absolute atomic E-state index is 0. The van der Waals surface area contributed by atoms with Crippen LogP contribution in [0.3, 0.4) is 0 Å². The summed E-state index contributed by atoms with van der Waals surface area (Å²) >= 11 is 0. The molecule has 0 saturated heterocycles. The van der Waals surface area contributed by atoms with Gasteiger partial charge in [0.2, 0.25) is 0 Å². The summed E-state index contributed by atoms with van der Waals surface area (Å²) in [5, 5.41) is 9.25. The van der Waals surface area contributed by atoms with Gasteiger partial charge in [0.25, 0.3) is 0 Å². The van der Waals surface area contributed by atoms with Crippen LogP contribution < -0.4 is 10.5 Å². The van der Waals surface area contributed by atoms with E-state index in [4.69, 9.17) is 10.5 Å². The number of halogens is 1. The van der Waals surface area contributed by atoms with Gasteiger partial charge < -0.3 is 15.6 Å². The Hall–Kier alpha value is -1.10. The Bertz CT molecular complexity index is 390. The van der Waals surface area contributed by atoms with Crippen molar-refractivity contribution in [2.24, 2.45) is 11.1 Å². The van der Waals surface area contributed by atoms with Crippen LogP contribution in [0, 0.1) is 5.41 Å². The minimum Gasteiger partial charge on any atom is -0.427 e. The monoisotopic (exact) mass is 273 g/mol. The van der Waals surface area contributed by atoms with E-state index in [1.165, 1.54) is 6.92 Å². The molecule has 0 spiro atoms. The fraction of sp³-hybridized carbons (Fsp3) is 0.462. The molecule has 0 bridgehead atoms. The zero-order valence-electron chi connectivity index (χ0n) is 10.8.